The summed E-state index contributed by atoms with van der Waals surface area (Å²) in [6.07, 6.45) is 0. The largest absolute Gasteiger partial charge is 0.481 e. The van der Waals surface area contributed by atoms with Gasteiger partial charge in [0.15, 0.2) is 0 Å². The van der Waals surface area contributed by atoms with Crippen molar-refractivity contribution in [2.45, 2.75) is 20.8 Å². The predicted octanol–water partition coefficient (Wildman–Crippen LogP) is 3.53. The lowest BCUT2D eigenvalue weighted by atomic mass is 9.96. The number of carboxylic acid groups (broad SMARTS) is 1. The average Bonchev–Trinajstić information content (AvgIpc) is 2.22. The highest BCUT2D eigenvalue weighted by molar-refractivity contribution is 9.10. The Kier molecular flexibility index (Phi) is 5.00. The molecule has 0 fully saturated rings. The van der Waals surface area contributed by atoms with Crippen LogP contribution >= 0.6 is 15.9 Å². The van der Waals surface area contributed by atoms with E-state index in [-0.39, 0.29) is 11.8 Å². The Labute approximate surface area is 110 Å². The normalized spacial score (nSPS) is 12.5. The summed E-state index contributed by atoms with van der Waals surface area (Å²) in [7, 11) is 0. The molecule has 0 bridgehead atoms. The summed E-state index contributed by atoms with van der Waals surface area (Å²) in [4.78, 5) is 11.0. The van der Waals surface area contributed by atoms with Crippen molar-refractivity contribution in [3.63, 3.8) is 0 Å². The van der Waals surface area contributed by atoms with Crippen molar-refractivity contribution in [2.24, 2.45) is 11.8 Å². The van der Waals surface area contributed by atoms with Gasteiger partial charge in [-0.3, -0.25) is 4.79 Å². The van der Waals surface area contributed by atoms with Crippen molar-refractivity contribution < 1.29 is 9.90 Å². The van der Waals surface area contributed by atoms with E-state index >= 15 is 0 Å². The number of nitrogens with one attached hydrogen (secondary N) is 1. The molecule has 1 atom stereocenters. The maximum Gasteiger partial charge on any atom is 0.308 e. The van der Waals surface area contributed by atoms with E-state index in [1.165, 1.54) is 0 Å². The first-order valence-corrected chi connectivity index (χ1v) is 6.44. The lowest BCUT2D eigenvalue weighted by Gasteiger charge is -2.17. The van der Waals surface area contributed by atoms with Gasteiger partial charge >= 0.3 is 5.97 Å². The van der Waals surface area contributed by atoms with E-state index in [0.717, 1.165) is 15.7 Å². The summed E-state index contributed by atoms with van der Waals surface area (Å²) < 4.78 is 1.03. The van der Waals surface area contributed by atoms with Gasteiger partial charge in [0.1, 0.15) is 0 Å². The van der Waals surface area contributed by atoms with Gasteiger partial charge in [-0.2, -0.15) is 0 Å². The third-order valence-corrected chi connectivity index (χ3v) is 3.67. The Bertz CT molecular complexity index is 404. The zero-order chi connectivity index (χ0) is 13.0. The lowest BCUT2D eigenvalue weighted by molar-refractivity contribution is -0.142. The third kappa shape index (κ3) is 4.04. The summed E-state index contributed by atoms with van der Waals surface area (Å²) in [5, 5.41) is 12.2. The van der Waals surface area contributed by atoms with Crippen LogP contribution in [0.25, 0.3) is 0 Å². The number of halogens is 1. The van der Waals surface area contributed by atoms with Crippen LogP contribution in [-0.4, -0.2) is 17.6 Å². The number of aryl methyl sites for hydroxylation is 1. The van der Waals surface area contributed by atoms with Crippen molar-refractivity contribution in [1.82, 2.24) is 0 Å². The molecule has 0 aliphatic carbocycles. The van der Waals surface area contributed by atoms with Crippen LogP contribution in [0, 0.1) is 18.8 Å². The maximum atomic E-state index is 11.0. The first-order valence-electron chi connectivity index (χ1n) is 5.64. The van der Waals surface area contributed by atoms with Gasteiger partial charge in [0.05, 0.1) is 5.92 Å². The van der Waals surface area contributed by atoms with Crippen LogP contribution in [0.4, 0.5) is 5.69 Å². The Hall–Kier alpha value is -1.03. The van der Waals surface area contributed by atoms with Crippen LogP contribution in [0.2, 0.25) is 0 Å². The second kappa shape index (κ2) is 6.05. The highest BCUT2D eigenvalue weighted by atomic mass is 79.9. The van der Waals surface area contributed by atoms with Crippen molar-refractivity contribution >= 4 is 27.6 Å². The highest BCUT2D eigenvalue weighted by Gasteiger charge is 2.20. The minimum Gasteiger partial charge on any atom is -0.481 e. The minimum absolute atomic E-state index is 0.119. The summed E-state index contributed by atoms with van der Waals surface area (Å²) in [6.45, 7) is 6.31. The highest BCUT2D eigenvalue weighted by Crippen LogP contribution is 2.21. The molecule has 17 heavy (non-hydrogen) atoms. The monoisotopic (exact) mass is 299 g/mol. The zero-order valence-electron chi connectivity index (χ0n) is 10.3. The zero-order valence-corrected chi connectivity index (χ0v) is 11.9. The number of hydrogen-bond donors (Lipinski definition) is 2. The van der Waals surface area contributed by atoms with Crippen molar-refractivity contribution in [3.8, 4) is 0 Å². The number of hydrogen-bond acceptors (Lipinski definition) is 2. The number of carbonyl (C=O) groups is 1. The molecular formula is C13H18BrNO2. The molecule has 0 amide bonds. The molecule has 0 aliphatic rings. The van der Waals surface area contributed by atoms with Crippen LogP contribution in [0.1, 0.15) is 19.4 Å². The van der Waals surface area contributed by atoms with E-state index in [2.05, 4.69) is 21.2 Å². The molecule has 0 saturated carbocycles. The fraction of sp³-hybridized carbons (Fsp3) is 0.462. The van der Waals surface area contributed by atoms with E-state index in [9.17, 15) is 4.79 Å². The molecule has 2 N–H and O–H groups in total. The van der Waals surface area contributed by atoms with Gasteiger partial charge in [0.25, 0.3) is 0 Å². The Morgan fingerprint density at radius 3 is 2.59 bits per heavy atom. The van der Waals surface area contributed by atoms with Crippen LogP contribution in [-0.2, 0) is 4.79 Å². The smallest absolute Gasteiger partial charge is 0.308 e. The Morgan fingerprint density at radius 2 is 2.12 bits per heavy atom. The van der Waals surface area contributed by atoms with Gasteiger partial charge < -0.3 is 10.4 Å². The standard InChI is InChI=1S/C13H18BrNO2/c1-8(2)11(13(16)17)7-15-10-5-4-9(3)12(14)6-10/h4-6,8,11,15H,7H2,1-3H3,(H,16,17). The van der Waals surface area contributed by atoms with Gasteiger partial charge in [0, 0.05) is 16.7 Å². The quantitative estimate of drug-likeness (QED) is 0.874. The number of carboxylic acids is 1. The van der Waals surface area contributed by atoms with E-state index in [1.54, 1.807) is 0 Å². The van der Waals surface area contributed by atoms with Gasteiger partial charge in [0.2, 0.25) is 0 Å². The summed E-state index contributed by atoms with van der Waals surface area (Å²) >= 11 is 3.45. The molecule has 4 heteroatoms. The van der Waals surface area contributed by atoms with Crippen LogP contribution in [0.15, 0.2) is 22.7 Å². The topological polar surface area (TPSA) is 49.3 Å². The lowest BCUT2D eigenvalue weighted by Crippen LogP contribution is -2.27. The fourth-order valence-corrected chi connectivity index (χ4v) is 1.92. The van der Waals surface area contributed by atoms with Crippen LogP contribution in [0.5, 0.6) is 0 Å². The molecule has 1 unspecified atom stereocenters. The molecular weight excluding hydrogens is 282 g/mol. The number of rotatable bonds is 5. The maximum absolute atomic E-state index is 11.0. The molecule has 3 nitrogen and oxygen atoms in total. The number of anilines is 1. The van der Waals surface area contributed by atoms with E-state index < -0.39 is 5.97 Å². The van der Waals surface area contributed by atoms with Gasteiger partial charge in [-0.15, -0.1) is 0 Å². The van der Waals surface area contributed by atoms with Gasteiger partial charge in [-0.1, -0.05) is 35.8 Å². The summed E-state index contributed by atoms with van der Waals surface area (Å²) in [5.41, 5.74) is 2.10. The molecule has 0 saturated heterocycles. The average molecular weight is 300 g/mol. The molecule has 1 aromatic rings. The van der Waals surface area contributed by atoms with Crippen molar-refractivity contribution in [1.29, 1.82) is 0 Å². The molecule has 0 aliphatic heterocycles. The molecule has 0 heterocycles. The van der Waals surface area contributed by atoms with Crippen molar-refractivity contribution in [2.75, 3.05) is 11.9 Å². The first-order chi connectivity index (χ1) is 7.91. The van der Waals surface area contributed by atoms with Gasteiger partial charge in [-0.05, 0) is 30.5 Å². The van der Waals surface area contributed by atoms with Gasteiger partial charge in [-0.25, -0.2) is 0 Å². The first kappa shape index (κ1) is 14.0. The molecule has 1 rings (SSSR count). The SMILES string of the molecule is Cc1ccc(NCC(C(=O)O)C(C)C)cc1Br. The molecule has 94 valence electrons. The second-order valence-corrected chi connectivity index (χ2v) is 5.39. The minimum atomic E-state index is -0.751. The number of aliphatic carboxylic acids is 1. The van der Waals surface area contributed by atoms with Crippen LogP contribution in [0.3, 0.4) is 0 Å². The second-order valence-electron chi connectivity index (χ2n) is 4.53. The predicted molar refractivity (Wildman–Crippen MR) is 73.3 cm³/mol. The fourth-order valence-electron chi connectivity index (χ4n) is 1.54. The van der Waals surface area contributed by atoms with Crippen molar-refractivity contribution in [3.05, 3.63) is 28.2 Å². The molecule has 0 spiro atoms. The van der Waals surface area contributed by atoms with E-state index in [4.69, 9.17) is 5.11 Å². The molecule has 0 aromatic heterocycles. The van der Waals surface area contributed by atoms with E-state index in [1.807, 2.05) is 39.0 Å². The number of benzene rings is 1. The summed E-state index contributed by atoms with van der Waals surface area (Å²) in [6, 6.07) is 5.92. The molecule has 0 radical (unpaired) electrons. The van der Waals surface area contributed by atoms with E-state index in [0.29, 0.717) is 6.54 Å². The van der Waals surface area contributed by atoms with Crippen LogP contribution < -0.4 is 5.32 Å². The third-order valence-electron chi connectivity index (χ3n) is 2.82. The summed E-state index contributed by atoms with van der Waals surface area (Å²) in [5.74, 6) is -0.998. The Morgan fingerprint density at radius 1 is 1.47 bits per heavy atom. The molecule has 1 aromatic carbocycles. The Balaban J connectivity index is 2.65.